The van der Waals surface area contributed by atoms with E-state index in [1.807, 2.05) is 0 Å². The summed E-state index contributed by atoms with van der Waals surface area (Å²) in [4.78, 5) is 23.6. The third kappa shape index (κ3) is 6.76. The van der Waals surface area contributed by atoms with Crippen LogP contribution in [0.5, 0.6) is 0 Å². The molecule has 0 amide bonds. The minimum atomic E-state index is -0.284. The number of ether oxygens (including phenoxy) is 1. The zero-order valence-electron chi connectivity index (χ0n) is 14.3. The van der Waals surface area contributed by atoms with Gasteiger partial charge in [0.25, 0.3) is 0 Å². The van der Waals surface area contributed by atoms with Crippen LogP contribution in [0.2, 0.25) is 0 Å². The van der Waals surface area contributed by atoms with Crippen LogP contribution in [0.4, 0.5) is 0 Å². The van der Waals surface area contributed by atoms with Crippen molar-refractivity contribution in [1.29, 1.82) is 0 Å². The zero-order chi connectivity index (χ0) is 16.2. The largest absolute Gasteiger partial charge is 0.393 e. The van der Waals surface area contributed by atoms with Crippen LogP contribution in [0.3, 0.4) is 0 Å². The third-order valence-electron chi connectivity index (χ3n) is 4.42. The standard InChI is InChI=1S/C19H32O3/c1-3-5-7-8-9-10-11-13-15-17-16(14-12-6-4-2)18(20)22-19(17)21/h7-8,16-17H,3-6,9-15H2,1-2H3. The summed E-state index contributed by atoms with van der Waals surface area (Å²) >= 11 is 0. The minimum Gasteiger partial charge on any atom is -0.393 e. The van der Waals surface area contributed by atoms with Crippen molar-refractivity contribution in [2.24, 2.45) is 11.8 Å². The second-order valence-corrected chi connectivity index (χ2v) is 6.35. The van der Waals surface area contributed by atoms with E-state index in [4.69, 9.17) is 4.74 Å². The maximum Gasteiger partial charge on any atom is 0.317 e. The predicted octanol–water partition coefficient (Wildman–Crippen LogP) is 5.19. The Bertz CT molecular complexity index is 360. The number of carbonyl (C=O) groups is 2. The summed E-state index contributed by atoms with van der Waals surface area (Å²) in [5, 5.41) is 0. The Morgan fingerprint density at radius 3 is 1.95 bits per heavy atom. The Morgan fingerprint density at radius 1 is 0.773 bits per heavy atom. The van der Waals surface area contributed by atoms with Gasteiger partial charge in [0.05, 0.1) is 11.8 Å². The highest BCUT2D eigenvalue weighted by atomic mass is 16.6. The number of unbranched alkanes of at least 4 members (excludes halogenated alkanes) is 6. The molecule has 1 fully saturated rings. The van der Waals surface area contributed by atoms with Gasteiger partial charge in [-0.1, -0.05) is 64.5 Å². The first kappa shape index (κ1) is 18.9. The molecule has 1 rings (SSSR count). The Hall–Kier alpha value is -1.12. The molecule has 1 saturated heterocycles. The maximum atomic E-state index is 11.8. The quantitative estimate of drug-likeness (QED) is 0.216. The average Bonchev–Trinajstić information content (AvgIpc) is 2.76. The SMILES string of the molecule is CCCC=CCCCCCC1C(=O)OC(=O)C1CCCCC. The molecule has 3 nitrogen and oxygen atoms in total. The first-order chi connectivity index (χ1) is 10.7. The Kier molecular flexibility index (Phi) is 9.85. The fourth-order valence-electron chi connectivity index (χ4n) is 3.04. The van der Waals surface area contributed by atoms with Crippen molar-refractivity contribution in [3.8, 4) is 0 Å². The molecule has 0 spiro atoms. The van der Waals surface area contributed by atoms with Crippen LogP contribution < -0.4 is 0 Å². The molecule has 1 aliphatic rings. The van der Waals surface area contributed by atoms with E-state index in [2.05, 4.69) is 26.0 Å². The third-order valence-corrected chi connectivity index (χ3v) is 4.42. The van der Waals surface area contributed by atoms with E-state index in [1.54, 1.807) is 0 Å². The molecule has 2 unspecified atom stereocenters. The molecule has 0 radical (unpaired) electrons. The van der Waals surface area contributed by atoms with Crippen LogP contribution in [-0.4, -0.2) is 11.9 Å². The van der Waals surface area contributed by atoms with Gasteiger partial charge in [-0.05, 0) is 32.1 Å². The Morgan fingerprint density at radius 2 is 1.36 bits per heavy atom. The molecule has 0 aliphatic carbocycles. The van der Waals surface area contributed by atoms with E-state index >= 15 is 0 Å². The lowest BCUT2D eigenvalue weighted by molar-refractivity contribution is -0.153. The van der Waals surface area contributed by atoms with Gasteiger partial charge in [-0.2, -0.15) is 0 Å². The molecule has 0 bridgehead atoms. The van der Waals surface area contributed by atoms with Crippen LogP contribution in [-0.2, 0) is 14.3 Å². The van der Waals surface area contributed by atoms with Crippen LogP contribution >= 0.6 is 0 Å². The Labute approximate surface area is 135 Å². The molecular weight excluding hydrogens is 276 g/mol. The van der Waals surface area contributed by atoms with Gasteiger partial charge in [-0.3, -0.25) is 9.59 Å². The van der Waals surface area contributed by atoms with E-state index in [-0.39, 0.29) is 23.8 Å². The van der Waals surface area contributed by atoms with Crippen molar-refractivity contribution in [3.63, 3.8) is 0 Å². The molecule has 0 aromatic heterocycles. The molecule has 2 atom stereocenters. The van der Waals surface area contributed by atoms with Crippen LogP contribution in [0.15, 0.2) is 12.2 Å². The highest BCUT2D eigenvalue weighted by Gasteiger charge is 2.42. The number of allylic oxidation sites excluding steroid dienone is 2. The summed E-state index contributed by atoms with van der Waals surface area (Å²) in [6.07, 6.45) is 16.2. The topological polar surface area (TPSA) is 43.4 Å². The van der Waals surface area contributed by atoms with Crippen molar-refractivity contribution in [2.75, 3.05) is 0 Å². The van der Waals surface area contributed by atoms with Crippen LogP contribution in [0.1, 0.15) is 84.5 Å². The van der Waals surface area contributed by atoms with Crippen molar-refractivity contribution in [1.82, 2.24) is 0 Å². The highest BCUT2D eigenvalue weighted by molar-refractivity contribution is 5.96. The van der Waals surface area contributed by atoms with Crippen LogP contribution in [0, 0.1) is 11.8 Å². The van der Waals surface area contributed by atoms with Gasteiger partial charge in [0.1, 0.15) is 0 Å². The zero-order valence-corrected chi connectivity index (χ0v) is 14.3. The van der Waals surface area contributed by atoms with E-state index in [9.17, 15) is 9.59 Å². The average molecular weight is 308 g/mol. The van der Waals surface area contributed by atoms with Gasteiger partial charge in [-0.15, -0.1) is 0 Å². The molecule has 0 saturated carbocycles. The first-order valence-electron chi connectivity index (χ1n) is 9.11. The van der Waals surface area contributed by atoms with E-state index in [1.165, 1.54) is 6.42 Å². The molecule has 3 heteroatoms. The van der Waals surface area contributed by atoms with Gasteiger partial charge in [0.15, 0.2) is 0 Å². The molecule has 1 aliphatic heterocycles. The predicted molar refractivity (Wildman–Crippen MR) is 89.4 cm³/mol. The van der Waals surface area contributed by atoms with Gasteiger partial charge in [-0.25, -0.2) is 0 Å². The first-order valence-corrected chi connectivity index (χ1v) is 9.11. The lowest BCUT2D eigenvalue weighted by atomic mass is 9.86. The van der Waals surface area contributed by atoms with Gasteiger partial charge >= 0.3 is 11.9 Å². The van der Waals surface area contributed by atoms with Gasteiger partial charge in [0, 0.05) is 0 Å². The minimum absolute atomic E-state index is 0.177. The monoisotopic (exact) mass is 308 g/mol. The summed E-state index contributed by atoms with van der Waals surface area (Å²) in [7, 11) is 0. The number of cyclic esters (lactones) is 2. The summed E-state index contributed by atoms with van der Waals surface area (Å²) in [6.45, 7) is 4.33. The number of carbonyl (C=O) groups excluding carboxylic acids is 2. The number of hydrogen-bond donors (Lipinski definition) is 0. The highest BCUT2D eigenvalue weighted by Crippen LogP contribution is 2.32. The second-order valence-electron chi connectivity index (χ2n) is 6.35. The molecule has 22 heavy (non-hydrogen) atoms. The van der Waals surface area contributed by atoms with Crippen LogP contribution in [0.25, 0.3) is 0 Å². The number of hydrogen-bond acceptors (Lipinski definition) is 3. The molecule has 0 N–H and O–H groups in total. The van der Waals surface area contributed by atoms with Gasteiger partial charge in [0.2, 0.25) is 0 Å². The second kappa shape index (κ2) is 11.4. The molecule has 0 aromatic carbocycles. The van der Waals surface area contributed by atoms with Crippen molar-refractivity contribution >= 4 is 11.9 Å². The molecular formula is C19H32O3. The fourth-order valence-corrected chi connectivity index (χ4v) is 3.04. The fraction of sp³-hybridized carbons (Fsp3) is 0.789. The lowest BCUT2D eigenvalue weighted by Crippen LogP contribution is -2.18. The number of rotatable bonds is 12. The molecule has 126 valence electrons. The van der Waals surface area contributed by atoms with Crippen molar-refractivity contribution in [3.05, 3.63) is 12.2 Å². The summed E-state index contributed by atoms with van der Waals surface area (Å²) in [6, 6.07) is 0. The number of esters is 2. The van der Waals surface area contributed by atoms with E-state index < -0.39 is 0 Å². The smallest absolute Gasteiger partial charge is 0.317 e. The summed E-state index contributed by atoms with van der Waals surface area (Å²) < 4.78 is 4.85. The molecule has 0 aromatic rings. The Balaban J connectivity index is 2.23. The van der Waals surface area contributed by atoms with E-state index in [0.29, 0.717) is 0 Å². The van der Waals surface area contributed by atoms with Crippen molar-refractivity contribution < 1.29 is 14.3 Å². The lowest BCUT2D eigenvalue weighted by Gasteiger charge is -2.13. The maximum absolute atomic E-state index is 11.8. The van der Waals surface area contributed by atoms with E-state index in [0.717, 1.165) is 64.2 Å². The normalized spacial score (nSPS) is 21.7. The molecule has 1 heterocycles. The van der Waals surface area contributed by atoms with Crippen molar-refractivity contribution in [2.45, 2.75) is 84.5 Å². The van der Waals surface area contributed by atoms with Gasteiger partial charge < -0.3 is 4.74 Å². The summed E-state index contributed by atoms with van der Waals surface area (Å²) in [5.74, 6) is -0.925. The summed E-state index contributed by atoms with van der Waals surface area (Å²) in [5.41, 5.74) is 0.